The Morgan fingerprint density at radius 1 is 1.15 bits per heavy atom. The number of halogens is 1. The summed E-state index contributed by atoms with van der Waals surface area (Å²) < 4.78 is 20.6. The lowest BCUT2D eigenvalue weighted by molar-refractivity contribution is 0.409. The van der Waals surface area contributed by atoms with Crippen LogP contribution in [0.5, 0.6) is 11.5 Å². The minimum Gasteiger partial charge on any atom is -0.507 e. The molecule has 0 saturated heterocycles. The summed E-state index contributed by atoms with van der Waals surface area (Å²) in [5, 5.41) is 19.9. The van der Waals surface area contributed by atoms with Gasteiger partial charge in [0.05, 0.1) is 12.8 Å². The molecule has 0 unspecified atom stereocenters. The van der Waals surface area contributed by atoms with E-state index in [0.717, 1.165) is 10.9 Å². The molecule has 1 N–H and O–H groups in total. The third-order valence-electron chi connectivity index (χ3n) is 4.28. The second-order valence-corrected chi connectivity index (χ2v) is 5.83. The highest BCUT2D eigenvalue weighted by Crippen LogP contribution is 2.33. The van der Waals surface area contributed by atoms with Gasteiger partial charge in [-0.1, -0.05) is 11.3 Å². The standard InChI is InChI=1S/C19H15FN4O2/c1-11-18(22-23-24(11)16-4-3-7-21-19(16)20)12-5-6-15-13(8-12)9-14(26-2)10-17(15)25/h3-10,25H,1-2H3. The van der Waals surface area contributed by atoms with Crippen LogP contribution >= 0.6 is 0 Å². The highest BCUT2D eigenvalue weighted by molar-refractivity contribution is 5.92. The molecule has 4 aromatic rings. The molecule has 0 fully saturated rings. The van der Waals surface area contributed by atoms with Crippen LogP contribution in [0.15, 0.2) is 48.7 Å². The lowest BCUT2D eigenvalue weighted by Gasteiger charge is -2.08. The van der Waals surface area contributed by atoms with Crippen LogP contribution in [0.25, 0.3) is 27.7 Å². The third-order valence-corrected chi connectivity index (χ3v) is 4.28. The highest BCUT2D eigenvalue weighted by atomic mass is 19.1. The molecule has 130 valence electrons. The zero-order chi connectivity index (χ0) is 18.3. The van der Waals surface area contributed by atoms with E-state index >= 15 is 0 Å². The topological polar surface area (TPSA) is 73.1 Å². The minimum absolute atomic E-state index is 0.142. The van der Waals surface area contributed by atoms with Crippen LogP contribution in [0.3, 0.4) is 0 Å². The maximum absolute atomic E-state index is 14.0. The van der Waals surface area contributed by atoms with Crippen LogP contribution < -0.4 is 4.74 Å². The van der Waals surface area contributed by atoms with Gasteiger partial charge in [-0.3, -0.25) is 0 Å². The van der Waals surface area contributed by atoms with Crippen LogP contribution in [0.2, 0.25) is 0 Å². The summed E-state index contributed by atoms with van der Waals surface area (Å²) in [6, 6.07) is 12.2. The molecule has 0 radical (unpaired) electrons. The van der Waals surface area contributed by atoms with E-state index in [0.29, 0.717) is 22.5 Å². The van der Waals surface area contributed by atoms with Crippen molar-refractivity contribution in [1.82, 2.24) is 20.0 Å². The molecule has 0 bridgehead atoms. The first-order valence-corrected chi connectivity index (χ1v) is 7.93. The molecule has 0 aliphatic rings. The first kappa shape index (κ1) is 16.0. The number of nitrogens with zero attached hydrogens (tertiary/aromatic N) is 4. The van der Waals surface area contributed by atoms with Gasteiger partial charge in [0, 0.05) is 23.2 Å². The molecule has 0 atom stereocenters. The zero-order valence-electron chi connectivity index (χ0n) is 14.1. The molecule has 6 nitrogen and oxygen atoms in total. The summed E-state index contributed by atoms with van der Waals surface area (Å²) in [6.07, 6.45) is 1.38. The van der Waals surface area contributed by atoms with Gasteiger partial charge in [-0.15, -0.1) is 5.10 Å². The molecule has 0 spiro atoms. The normalized spacial score (nSPS) is 11.0. The number of phenols is 1. The van der Waals surface area contributed by atoms with Gasteiger partial charge < -0.3 is 9.84 Å². The van der Waals surface area contributed by atoms with Crippen LogP contribution in [-0.4, -0.2) is 32.2 Å². The van der Waals surface area contributed by atoms with E-state index in [9.17, 15) is 9.50 Å². The second-order valence-electron chi connectivity index (χ2n) is 5.83. The molecule has 0 amide bonds. The van der Waals surface area contributed by atoms with Crippen molar-refractivity contribution in [2.45, 2.75) is 6.92 Å². The lowest BCUT2D eigenvalue weighted by atomic mass is 10.0. The number of rotatable bonds is 3. The number of hydrogen-bond donors (Lipinski definition) is 1. The summed E-state index contributed by atoms with van der Waals surface area (Å²) in [7, 11) is 1.54. The number of ether oxygens (including phenoxy) is 1. The zero-order valence-corrected chi connectivity index (χ0v) is 14.1. The van der Waals surface area contributed by atoms with Gasteiger partial charge in [-0.25, -0.2) is 9.67 Å². The number of fused-ring (bicyclic) bond motifs is 1. The molecule has 7 heteroatoms. The number of aromatic nitrogens is 4. The van der Waals surface area contributed by atoms with Crippen molar-refractivity contribution < 1.29 is 14.2 Å². The van der Waals surface area contributed by atoms with Gasteiger partial charge in [0.25, 0.3) is 0 Å². The molecule has 26 heavy (non-hydrogen) atoms. The fourth-order valence-electron chi connectivity index (χ4n) is 2.95. The summed E-state index contributed by atoms with van der Waals surface area (Å²) in [6.45, 7) is 1.81. The monoisotopic (exact) mass is 350 g/mol. The number of pyridine rings is 1. The number of aromatic hydroxyl groups is 1. The molecule has 0 aliphatic carbocycles. The van der Waals surface area contributed by atoms with E-state index in [1.54, 1.807) is 25.3 Å². The maximum atomic E-state index is 14.0. The quantitative estimate of drug-likeness (QED) is 0.571. The number of benzene rings is 2. The summed E-state index contributed by atoms with van der Waals surface area (Å²) in [5.74, 6) is 0.0916. The molecular weight excluding hydrogens is 335 g/mol. The number of methoxy groups -OCH3 is 1. The molecule has 2 heterocycles. The van der Waals surface area contributed by atoms with Gasteiger partial charge in [-0.2, -0.15) is 4.39 Å². The predicted octanol–water partition coefficient (Wildman–Crippen LogP) is 3.64. The Balaban J connectivity index is 1.85. The van der Waals surface area contributed by atoms with E-state index in [4.69, 9.17) is 4.74 Å². The van der Waals surface area contributed by atoms with E-state index in [1.807, 2.05) is 31.2 Å². The molecule has 4 rings (SSSR count). The number of hydrogen-bond acceptors (Lipinski definition) is 5. The van der Waals surface area contributed by atoms with Crippen molar-refractivity contribution in [3.8, 4) is 28.4 Å². The van der Waals surface area contributed by atoms with E-state index in [-0.39, 0.29) is 11.4 Å². The molecular formula is C19H15FN4O2. The SMILES string of the molecule is COc1cc(O)c2ccc(-c3nnn(-c4cccnc4F)c3C)cc2c1. The van der Waals surface area contributed by atoms with Crippen molar-refractivity contribution in [3.05, 3.63) is 60.3 Å². The first-order valence-electron chi connectivity index (χ1n) is 7.93. The largest absolute Gasteiger partial charge is 0.507 e. The number of phenolic OH excluding ortho intramolecular Hbond substituents is 1. The van der Waals surface area contributed by atoms with E-state index in [2.05, 4.69) is 15.3 Å². The third kappa shape index (κ3) is 2.54. The van der Waals surface area contributed by atoms with Crippen LogP contribution in [0.4, 0.5) is 4.39 Å². The Morgan fingerprint density at radius 2 is 2.00 bits per heavy atom. The molecule has 2 aromatic carbocycles. The fraction of sp³-hybridized carbons (Fsp3) is 0.105. The van der Waals surface area contributed by atoms with Crippen molar-refractivity contribution >= 4 is 10.8 Å². The average molecular weight is 350 g/mol. The van der Waals surface area contributed by atoms with E-state index in [1.165, 1.54) is 10.9 Å². The van der Waals surface area contributed by atoms with Crippen molar-refractivity contribution in [2.75, 3.05) is 7.11 Å². The maximum Gasteiger partial charge on any atom is 0.238 e. The van der Waals surface area contributed by atoms with Crippen molar-refractivity contribution in [2.24, 2.45) is 0 Å². The summed E-state index contributed by atoms with van der Waals surface area (Å²) in [4.78, 5) is 3.65. The average Bonchev–Trinajstić information content (AvgIpc) is 3.03. The van der Waals surface area contributed by atoms with Crippen molar-refractivity contribution in [3.63, 3.8) is 0 Å². The Hall–Kier alpha value is -3.48. The van der Waals surface area contributed by atoms with Crippen LogP contribution in [-0.2, 0) is 0 Å². The summed E-state index contributed by atoms with van der Waals surface area (Å²) >= 11 is 0. The van der Waals surface area contributed by atoms with Crippen LogP contribution in [0.1, 0.15) is 5.69 Å². The van der Waals surface area contributed by atoms with Gasteiger partial charge in [0.2, 0.25) is 5.95 Å². The first-order chi connectivity index (χ1) is 12.6. The Kier molecular flexibility index (Phi) is 3.76. The highest BCUT2D eigenvalue weighted by Gasteiger charge is 2.16. The van der Waals surface area contributed by atoms with E-state index < -0.39 is 5.95 Å². The Bertz CT molecular complexity index is 1120. The Morgan fingerprint density at radius 3 is 2.77 bits per heavy atom. The van der Waals surface area contributed by atoms with Gasteiger partial charge >= 0.3 is 0 Å². The molecule has 2 aromatic heterocycles. The van der Waals surface area contributed by atoms with Gasteiger partial charge in [0.1, 0.15) is 22.9 Å². The van der Waals surface area contributed by atoms with Gasteiger partial charge in [0.15, 0.2) is 0 Å². The second kappa shape index (κ2) is 6.11. The van der Waals surface area contributed by atoms with Crippen molar-refractivity contribution in [1.29, 1.82) is 0 Å². The lowest BCUT2D eigenvalue weighted by Crippen LogP contribution is -2.03. The van der Waals surface area contributed by atoms with Crippen LogP contribution in [0, 0.1) is 12.9 Å². The molecule has 0 saturated carbocycles. The Labute approximate surface area is 148 Å². The summed E-state index contributed by atoms with van der Waals surface area (Å²) in [5.41, 5.74) is 2.35. The minimum atomic E-state index is -0.611. The predicted molar refractivity (Wildman–Crippen MR) is 95.0 cm³/mol. The fourth-order valence-corrected chi connectivity index (χ4v) is 2.95. The smallest absolute Gasteiger partial charge is 0.238 e. The van der Waals surface area contributed by atoms with Gasteiger partial charge in [-0.05, 0) is 42.6 Å². The molecule has 0 aliphatic heterocycles.